The van der Waals surface area contributed by atoms with E-state index >= 15 is 0 Å². The zero-order valence-electron chi connectivity index (χ0n) is 16.7. The van der Waals surface area contributed by atoms with Gasteiger partial charge in [0.15, 0.2) is 0 Å². The van der Waals surface area contributed by atoms with Crippen molar-refractivity contribution in [2.45, 2.75) is 6.54 Å². The van der Waals surface area contributed by atoms with E-state index in [1.807, 2.05) is 18.2 Å². The number of nitrogens with zero attached hydrogens (tertiary/aromatic N) is 2. The van der Waals surface area contributed by atoms with Crippen molar-refractivity contribution in [1.82, 2.24) is 0 Å². The summed E-state index contributed by atoms with van der Waals surface area (Å²) in [6.45, 7) is 4.66. The third kappa shape index (κ3) is 3.33. The van der Waals surface area contributed by atoms with E-state index < -0.39 is 0 Å². The van der Waals surface area contributed by atoms with E-state index in [2.05, 4.69) is 108 Å². The summed E-state index contributed by atoms with van der Waals surface area (Å²) in [4.78, 5) is 6.70. The second-order valence-corrected chi connectivity index (χ2v) is 7.41. The monoisotopic (exact) mass is 386 g/mol. The average Bonchev–Trinajstić information content (AvgIpc) is 2.83. The number of anilines is 2. The number of aliphatic imine (C=N–C) groups is 1. The molecule has 0 aliphatic carbocycles. The minimum Gasteiger partial charge on any atom is -0.335 e. The standard InChI is InChI=1S/C28H22N2/c1-29-26-19-22(16-15-21-9-3-2-4-10-21)17-18-28(26)30-20-23-11-5-6-12-24(23)25-13-7-8-14-27(25)30/h2-19H,1,20H2/b16-15+. The van der Waals surface area contributed by atoms with Crippen LogP contribution < -0.4 is 4.90 Å². The SMILES string of the molecule is C=Nc1cc(/C=C/c2ccccc2)ccc1N1Cc2ccccc2-c2ccccc21. The fourth-order valence-corrected chi connectivity index (χ4v) is 4.08. The lowest BCUT2D eigenvalue weighted by atomic mass is 9.93. The van der Waals surface area contributed by atoms with E-state index in [1.54, 1.807) is 0 Å². The van der Waals surface area contributed by atoms with E-state index in [1.165, 1.54) is 27.9 Å². The molecule has 1 aliphatic rings. The maximum atomic E-state index is 4.36. The normalized spacial score (nSPS) is 12.5. The third-order valence-electron chi connectivity index (χ3n) is 5.56. The Morgan fingerprint density at radius 3 is 2.20 bits per heavy atom. The molecule has 0 saturated carbocycles. The maximum Gasteiger partial charge on any atom is 0.0865 e. The van der Waals surface area contributed by atoms with Crippen molar-refractivity contribution in [3.8, 4) is 11.1 Å². The second kappa shape index (κ2) is 7.84. The van der Waals surface area contributed by atoms with Crippen LogP contribution in [0, 0.1) is 0 Å². The van der Waals surface area contributed by atoms with E-state index in [9.17, 15) is 0 Å². The quantitative estimate of drug-likeness (QED) is 0.262. The molecule has 0 spiro atoms. The largest absolute Gasteiger partial charge is 0.335 e. The first-order valence-electron chi connectivity index (χ1n) is 10.1. The minimum absolute atomic E-state index is 0.814. The lowest BCUT2D eigenvalue weighted by molar-refractivity contribution is 0.961. The van der Waals surface area contributed by atoms with Crippen molar-refractivity contribution in [1.29, 1.82) is 0 Å². The number of para-hydroxylation sites is 1. The molecule has 0 atom stereocenters. The highest BCUT2D eigenvalue weighted by molar-refractivity contribution is 5.90. The number of benzene rings is 4. The molecule has 5 rings (SSSR count). The van der Waals surface area contributed by atoms with Gasteiger partial charge < -0.3 is 4.90 Å². The summed E-state index contributed by atoms with van der Waals surface area (Å²) in [5, 5.41) is 0. The molecule has 0 fully saturated rings. The van der Waals surface area contributed by atoms with E-state index in [4.69, 9.17) is 0 Å². The lowest BCUT2D eigenvalue weighted by Crippen LogP contribution is -2.21. The molecule has 1 aliphatic heterocycles. The van der Waals surface area contributed by atoms with Crippen LogP contribution in [0.2, 0.25) is 0 Å². The number of hydrogen-bond acceptors (Lipinski definition) is 2. The van der Waals surface area contributed by atoms with Gasteiger partial charge in [-0.1, -0.05) is 91.0 Å². The molecular formula is C28H22N2. The summed E-state index contributed by atoms with van der Waals surface area (Å²) in [6, 6.07) is 33.9. The molecule has 4 aromatic carbocycles. The molecule has 2 heteroatoms. The zero-order valence-corrected chi connectivity index (χ0v) is 16.7. The van der Waals surface area contributed by atoms with Gasteiger partial charge in [0.05, 0.1) is 11.4 Å². The van der Waals surface area contributed by atoms with Crippen molar-refractivity contribution in [3.05, 3.63) is 114 Å². The first-order chi connectivity index (χ1) is 14.8. The van der Waals surface area contributed by atoms with Gasteiger partial charge in [0.25, 0.3) is 0 Å². The van der Waals surface area contributed by atoms with E-state index in [0.29, 0.717) is 0 Å². The molecule has 1 heterocycles. The summed E-state index contributed by atoms with van der Waals surface area (Å²) in [5.41, 5.74) is 9.32. The Morgan fingerprint density at radius 1 is 0.667 bits per heavy atom. The third-order valence-corrected chi connectivity index (χ3v) is 5.56. The second-order valence-electron chi connectivity index (χ2n) is 7.41. The molecule has 0 unspecified atom stereocenters. The molecule has 0 aromatic heterocycles. The molecule has 0 N–H and O–H groups in total. The fourth-order valence-electron chi connectivity index (χ4n) is 4.08. The van der Waals surface area contributed by atoms with Crippen LogP contribution in [0.25, 0.3) is 23.3 Å². The predicted octanol–water partition coefficient (Wildman–Crippen LogP) is 7.51. The Balaban J connectivity index is 1.55. The summed E-state index contributed by atoms with van der Waals surface area (Å²) >= 11 is 0. The van der Waals surface area contributed by atoms with Gasteiger partial charge in [0, 0.05) is 17.8 Å². The van der Waals surface area contributed by atoms with Crippen LogP contribution in [0.5, 0.6) is 0 Å². The van der Waals surface area contributed by atoms with Gasteiger partial charge in [-0.05, 0) is 47.2 Å². The summed E-state index contributed by atoms with van der Waals surface area (Å²) in [5.74, 6) is 0. The van der Waals surface area contributed by atoms with Crippen molar-refractivity contribution in [2.24, 2.45) is 4.99 Å². The molecule has 0 amide bonds. The zero-order chi connectivity index (χ0) is 20.3. The highest BCUT2D eigenvalue weighted by Crippen LogP contribution is 2.45. The van der Waals surface area contributed by atoms with Crippen LogP contribution in [0.15, 0.2) is 102 Å². The Kier molecular flexibility index (Phi) is 4.74. The molecule has 2 nitrogen and oxygen atoms in total. The van der Waals surface area contributed by atoms with Crippen molar-refractivity contribution >= 4 is 35.9 Å². The minimum atomic E-state index is 0.814. The molecule has 144 valence electrons. The molecule has 4 aromatic rings. The Labute approximate surface area is 177 Å². The first-order valence-corrected chi connectivity index (χ1v) is 10.1. The van der Waals surface area contributed by atoms with Gasteiger partial charge in [-0.3, -0.25) is 4.99 Å². The van der Waals surface area contributed by atoms with Crippen LogP contribution >= 0.6 is 0 Å². The van der Waals surface area contributed by atoms with Crippen molar-refractivity contribution in [3.63, 3.8) is 0 Å². The van der Waals surface area contributed by atoms with Gasteiger partial charge in [0.1, 0.15) is 0 Å². The fraction of sp³-hybridized carbons (Fsp3) is 0.0357. The van der Waals surface area contributed by atoms with Crippen LogP contribution in [-0.2, 0) is 6.54 Å². The lowest BCUT2D eigenvalue weighted by Gasteiger charge is -2.33. The number of hydrogen-bond donors (Lipinski definition) is 0. The Morgan fingerprint density at radius 2 is 1.37 bits per heavy atom. The van der Waals surface area contributed by atoms with Crippen LogP contribution in [-0.4, -0.2) is 6.72 Å². The van der Waals surface area contributed by atoms with Crippen LogP contribution in [0.4, 0.5) is 17.1 Å². The number of rotatable bonds is 4. The van der Waals surface area contributed by atoms with Crippen molar-refractivity contribution < 1.29 is 0 Å². The smallest absolute Gasteiger partial charge is 0.0865 e. The van der Waals surface area contributed by atoms with Crippen LogP contribution in [0.3, 0.4) is 0 Å². The predicted molar refractivity (Wildman–Crippen MR) is 129 cm³/mol. The molecule has 0 saturated heterocycles. The highest BCUT2D eigenvalue weighted by Gasteiger charge is 2.23. The summed E-state index contributed by atoms with van der Waals surface area (Å²) in [6.07, 6.45) is 4.24. The van der Waals surface area contributed by atoms with Crippen LogP contribution in [0.1, 0.15) is 16.7 Å². The van der Waals surface area contributed by atoms with Crippen molar-refractivity contribution in [2.75, 3.05) is 4.90 Å². The van der Waals surface area contributed by atoms with Gasteiger partial charge in [0.2, 0.25) is 0 Å². The van der Waals surface area contributed by atoms with Gasteiger partial charge >= 0.3 is 0 Å². The topological polar surface area (TPSA) is 15.6 Å². The highest BCUT2D eigenvalue weighted by atomic mass is 15.2. The molecule has 0 radical (unpaired) electrons. The summed E-state index contributed by atoms with van der Waals surface area (Å²) < 4.78 is 0. The Bertz CT molecular complexity index is 1240. The average molecular weight is 386 g/mol. The van der Waals surface area contributed by atoms with E-state index in [0.717, 1.165) is 23.5 Å². The molecule has 30 heavy (non-hydrogen) atoms. The Hall–Kier alpha value is -3.91. The van der Waals surface area contributed by atoms with Gasteiger partial charge in [-0.2, -0.15) is 0 Å². The molecule has 0 bridgehead atoms. The molecular weight excluding hydrogens is 364 g/mol. The van der Waals surface area contributed by atoms with E-state index in [-0.39, 0.29) is 0 Å². The number of fused-ring (bicyclic) bond motifs is 3. The maximum absolute atomic E-state index is 4.36. The summed E-state index contributed by atoms with van der Waals surface area (Å²) in [7, 11) is 0. The van der Waals surface area contributed by atoms with Gasteiger partial charge in [-0.15, -0.1) is 0 Å². The van der Waals surface area contributed by atoms with Gasteiger partial charge in [-0.25, -0.2) is 0 Å². The first kappa shape index (κ1) is 18.1.